The van der Waals surface area contributed by atoms with E-state index in [0.717, 1.165) is 12.8 Å². The van der Waals surface area contributed by atoms with Crippen LogP contribution in [0.25, 0.3) is 0 Å². The molecule has 0 aliphatic heterocycles. The Hall–Kier alpha value is -2.09. The summed E-state index contributed by atoms with van der Waals surface area (Å²) in [4.78, 5) is 15.4. The fourth-order valence-electron chi connectivity index (χ4n) is 1.31. The minimum Gasteiger partial charge on any atom is -0.360 e. The lowest BCUT2D eigenvalue weighted by atomic mass is 10.3. The quantitative estimate of drug-likeness (QED) is 0.774. The van der Waals surface area contributed by atoms with Gasteiger partial charge in [-0.2, -0.15) is 5.26 Å². The molecule has 2 rings (SSSR count). The van der Waals surface area contributed by atoms with Crippen molar-refractivity contribution in [3.63, 3.8) is 0 Å². The number of aromatic nitrogens is 1. The molecule has 1 aliphatic rings. The predicted octanol–water partition coefficient (Wildman–Crippen LogP) is 0.644. The van der Waals surface area contributed by atoms with E-state index in [0.29, 0.717) is 17.4 Å². The molecule has 5 nitrogen and oxygen atoms in total. The summed E-state index contributed by atoms with van der Waals surface area (Å²) >= 11 is 0. The van der Waals surface area contributed by atoms with Crippen LogP contribution >= 0.6 is 0 Å². The van der Waals surface area contributed by atoms with Crippen molar-refractivity contribution in [1.29, 1.82) is 5.26 Å². The average Bonchev–Trinajstić information content (AvgIpc) is 3.10. The first-order valence-corrected chi connectivity index (χ1v) is 5.18. The average molecular weight is 216 g/mol. The van der Waals surface area contributed by atoms with E-state index in [9.17, 15) is 4.79 Å². The van der Waals surface area contributed by atoms with Crippen molar-refractivity contribution in [2.45, 2.75) is 18.9 Å². The summed E-state index contributed by atoms with van der Waals surface area (Å²) in [5.74, 6) is 0.396. The maximum Gasteiger partial charge on any atom is 0.239 e. The molecule has 1 aliphatic carbocycles. The van der Waals surface area contributed by atoms with E-state index >= 15 is 0 Å². The van der Waals surface area contributed by atoms with Gasteiger partial charge in [0.05, 0.1) is 12.1 Å². The zero-order chi connectivity index (χ0) is 11.4. The zero-order valence-electron chi connectivity index (χ0n) is 8.73. The van der Waals surface area contributed by atoms with E-state index < -0.39 is 0 Å². The normalized spacial score (nSPS) is 13.9. The SMILES string of the molecule is N#Cc1cccnc1NCC(=O)NC1CC1. The lowest BCUT2D eigenvalue weighted by molar-refractivity contribution is -0.119. The van der Waals surface area contributed by atoms with Gasteiger partial charge in [-0.15, -0.1) is 0 Å². The van der Waals surface area contributed by atoms with Crippen molar-refractivity contribution in [3.05, 3.63) is 23.9 Å². The number of nitrogens with zero attached hydrogens (tertiary/aromatic N) is 2. The van der Waals surface area contributed by atoms with Crippen LogP contribution in [0.1, 0.15) is 18.4 Å². The molecule has 16 heavy (non-hydrogen) atoms. The minimum atomic E-state index is -0.0583. The van der Waals surface area contributed by atoms with Gasteiger partial charge in [-0.25, -0.2) is 4.98 Å². The number of amides is 1. The van der Waals surface area contributed by atoms with E-state index in [4.69, 9.17) is 5.26 Å². The van der Waals surface area contributed by atoms with Crippen LogP contribution in [0.15, 0.2) is 18.3 Å². The highest BCUT2D eigenvalue weighted by Crippen LogP contribution is 2.18. The smallest absolute Gasteiger partial charge is 0.239 e. The first-order valence-electron chi connectivity index (χ1n) is 5.18. The fraction of sp³-hybridized carbons (Fsp3) is 0.364. The summed E-state index contributed by atoms with van der Waals surface area (Å²) < 4.78 is 0. The third kappa shape index (κ3) is 2.70. The van der Waals surface area contributed by atoms with E-state index in [2.05, 4.69) is 15.6 Å². The topological polar surface area (TPSA) is 77.8 Å². The number of rotatable bonds is 4. The molecule has 1 aromatic heterocycles. The number of nitrogens with one attached hydrogen (secondary N) is 2. The number of carbonyl (C=O) groups excluding carboxylic acids is 1. The van der Waals surface area contributed by atoms with Crippen LogP contribution in [-0.4, -0.2) is 23.5 Å². The summed E-state index contributed by atoms with van der Waals surface area (Å²) in [6.45, 7) is 0.155. The van der Waals surface area contributed by atoms with E-state index in [1.165, 1.54) is 0 Å². The minimum absolute atomic E-state index is 0.0583. The Balaban J connectivity index is 1.88. The second-order valence-electron chi connectivity index (χ2n) is 3.71. The van der Waals surface area contributed by atoms with Crippen molar-refractivity contribution in [3.8, 4) is 6.07 Å². The van der Waals surface area contributed by atoms with Crippen LogP contribution in [0.5, 0.6) is 0 Å². The highest BCUT2D eigenvalue weighted by molar-refractivity contribution is 5.81. The number of anilines is 1. The Morgan fingerprint density at radius 3 is 3.12 bits per heavy atom. The molecule has 82 valence electrons. The van der Waals surface area contributed by atoms with Gasteiger partial charge in [0.25, 0.3) is 0 Å². The largest absolute Gasteiger partial charge is 0.360 e. The maximum absolute atomic E-state index is 11.4. The monoisotopic (exact) mass is 216 g/mol. The number of nitriles is 1. The van der Waals surface area contributed by atoms with Crippen LogP contribution in [-0.2, 0) is 4.79 Å². The predicted molar refractivity (Wildman–Crippen MR) is 58.6 cm³/mol. The highest BCUT2D eigenvalue weighted by Gasteiger charge is 2.22. The lowest BCUT2D eigenvalue weighted by Crippen LogP contribution is -2.31. The molecule has 1 saturated carbocycles. The zero-order valence-corrected chi connectivity index (χ0v) is 8.73. The Labute approximate surface area is 93.5 Å². The summed E-state index contributed by atoms with van der Waals surface area (Å²) in [6, 6.07) is 5.72. The van der Waals surface area contributed by atoms with E-state index in [-0.39, 0.29) is 12.5 Å². The van der Waals surface area contributed by atoms with Crippen molar-refractivity contribution in [2.75, 3.05) is 11.9 Å². The molecule has 0 saturated heterocycles. The molecular formula is C11H12N4O. The maximum atomic E-state index is 11.4. The standard InChI is InChI=1S/C11H12N4O/c12-6-8-2-1-5-13-11(8)14-7-10(16)15-9-3-4-9/h1-2,5,9H,3-4,7H2,(H,13,14)(H,15,16). The molecule has 1 amide bonds. The Bertz CT molecular complexity index is 434. The molecule has 0 spiro atoms. The van der Waals surface area contributed by atoms with E-state index in [1.807, 2.05) is 6.07 Å². The first kappa shape index (κ1) is 10.4. The summed E-state index contributed by atoms with van der Waals surface area (Å²) in [5, 5.41) is 14.5. The molecule has 0 atom stereocenters. The molecule has 2 N–H and O–H groups in total. The fourth-order valence-corrected chi connectivity index (χ4v) is 1.31. The summed E-state index contributed by atoms with van der Waals surface area (Å²) in [7, 11) is 0. The molecule has 1 heterocycles. The molecule has 0 aromatic carbocycles. The van der Waals surface area contributed by atoms with Crippen LogP contribution in [0.2, 0.25) is 0 Å². The summed E-state index contributed by atoms with van der Waals surface area (Å²) in [5.41, 5.74) is 0.446. The van der Waals surface area contributed by atoms with Gasteiger partial charge in [-0.05, 0) is 25.0 Å². The molecule has 1 fully saturated rings. The second kappa shape index (κ2) is 4.62. The Morgan fingerprint density at radius 2 is 2.44 bits per heavy atom. The highest BCUT2D eigenvalue weighted by atomic mass is 16.2. The molecule has 5 heteroatoms. The van der Waals surface area contributed by atoms with Gasteiger partial charge in [0.2, 0.25) is 5.91 Å². The van der Waals surface area contributed by atoms with Gasteiger partial charge in [0.15, 0.2) is 0 Å². The third-order valence-electron chi connectivity index (χ3n) is 2.29. The third-order valence-corrected chi connectivity index (χ3v) is 2.29. The van der Waals surface area contributed by atoms with Crippen LogP contribution in [0, 0.1) is 11.3 Å². The van der Waals surface area contributed by atoms with Crippen LogP contribution in [0.3, 0.4) is 0 Å². The Morgan fingerprint density at radius 1 is 1.62 bits per heavy atom. The van der Waals surface area contributed by atoms with Gasteiger partial charge in [0.1, 0.15) is 11.9 Å². The molecule has 0 unspecified atom stereocenters. The van der Waals surface area contributed by atoms with Gasteiger partial charge in [-0.3, -0.25) is 4.79 Å². The molecule has 0 bridgehead atoms. The van der Waals surface area contributed by atoms with Crippen LogP contribution < -0.4 is 10.6 Å². The number of carbonyl (C=O) groups is 1. The van der Waals surface area contributed by atoms with Gasteiger partial charge >= 0.3 is 0 Å². The van der Waals surface area contributed by atoms with Crippen molar-refractivity contribution in [2.24, 2.45) is 0 Å². The summed E-state index contributed by atoms with van der Waals surface area (Å²) in [6.07, 6.45) is 3.72. The molecular weight excluding hydrogens is 204 g/mol. The van der Waals surface area contributed by atoms with Crippen molar-refractivity contribution < 1.29 is 4.79 Å². The molecule has 1 aromatic rings. The van der Waals surface area contributed by atoms with Gasteiger partial charge < -0.3 is 10.6 Å². The lowest BCUT2D eigenvalue weighted by Gasteiger charge is -2.06. The molecule has 0 radical (unpaired) electrons. The van der Waals surface area contributed by atoms with Crippen LogP contribution in [0.4, 0.5) is 5.82 Å². The number of hydrogen-bond donors (Lipinski definition) is 2. The van der Waals surface area contributed by atoms with Crippen molar-refractivity contribution >= 4 is 11.7 Å². The Kier molecular flexibility index (Phi) is 3.01. The van der Waals surface area contributed by atoms with E-state index in [1.54, 1.807) is 18.3 Å². The van der Waals surface area contributed by atoms with Gasteiger partial charge in [-0.1, -0.05) is 0 Å². The second-order valence-corrected chi connectivity index (χ2v) is 3.71. The number of hydrogen-bond acceptors (Lipinski definition) is 4. The van der Waals surface area contributed by atoms with Crippen molar-refractivity contribution in [1.82, 2.24) is 10.3 Å². The first-order chi connectivity index (χ1) is 7.79. The number of pyridine rings is 1. The van der Waals surface area contributed by atoms with Gasteiger partial charge in [0, 0.05) is 12.2 Å².